The third-order valence-electron chi connectivity index (χ3n) is 6.76. The molecule has 27 heavy (non-hydrogen) atoms. The zero-order valence-corrected chi connectivity index (χ0v) is 18.8. The van der Waals surface area contributed by atoms with E-state index < -0.39 is 14.3 Å². The highest BCUT2D eigenvalue weighted by Crippen LogP contribution is 2.50. The van der Waals surface area contributed by atoms with Gasteiger partial charge in [-0.05, 0) is 44.3 Å². The van der Waals surface area contributed by atoms with Crippen LogP contribution < -0.4 is 0 Å². The topological polar surface area (TPSA) is 76.0 Å². The molecule has 0 aliphatic carbocycles. The number of aliphatic hydroxyl groups is 1. The molecule has 5 nitrogen and oxygen atoms in total. The van der Waals surface area contributed by atoms with Crippen molar-refractivity contribution < 1.29 is 24.2 Å². The number of carboxylic acid groups (broad SMARTS) is 1. The summed E-state index contributed by atoms with van der Waals surface area (Å²) in [7, 11) is -1.87. The van der Waals surface area contributed by atoms with Crippen LogP contribution in [0.4, 0.5) is 0 Å². The molecule has 156 valence electrons. The number of allylic oxidation sites excluding steroid dienone is 1. The van der Waals surface area contributed by atoms with Crippen molar-refractivity contribution in [1.82, 2.24) is 0 Å². The van der Waals surface area contributed by atoms with Gasteiger partial charge in [-0.1, -0.05) is 32.4 Å². The highest BCUT2D eigenvalue weighted by Gasteiger charge is 2.56. The molecule has 0 spiro atoms. The molecule has 0 unspecified atom stereocenters. The standard InChI is InChI=1S/C21H38O5Si/c1-14(10-8-7-9-11-18(23)24)19-15(13-22)16-12-17(20(19)25-16)26-27(5,6)21(2,3)4/h10,15-17,19-20,22H,7-9,11-13H2,1-6H3,(H,23,24)/t15-,16+,17-,19-,20-/m1/s1. The zero-order valence-electron chi connectivity index (χ0n) is 17.8. The van der Waals surface area contributed by atoms with Gasteiger partial charge < -0.3 is 19.4 Å². The number of aliphatic carboxylic acids is 1. The fourth-order valence-electron chi connectivity index (χ4n) is 4.16. The molecule has 2 saturated heterocycles. The minimum Gasteiger partial charge on any atom is -0.481 e. The molecule has 2 heterocycles. The first-order valence-electron chi connectivity index (χ1n) is 10.3. The van der Waals surface area contributed by atoms with E-state index in [1.165, 1.54) is 5.57 Å². The van der Waals surface area contributed by atoms with E-state index in [1.54, 1.807) is 0 Å². The van der Waals surface area contributed by atoms with Crippen molar-refractivity contribution in [3.05, 3.63) is 11.6 Å². The Morgan fingerprint density at radius 3 is 2.52 bits per heavy atom. The largest absolute Gasteiger partial charge is 0.481 e. The van der Waals surface area contributed by atoms with Gasteiger partial charge in [0.25, 0.3) is 0 Å². The van der Waals surface area contributed by atoms with Gasteiger partial charge in [-0.25, -0.2) is 0 Å². The minimum absolute atomic E-state index is 0.0246. The summed E-state index contributed by atoms with van der Waals surface area (Å²) in [6, 6.07) is 0. The van der Waals surface area contributed by atoms with Crippen LogP contribution >= 0.6 is 0 Å². The van der Waals surface area contributed by atoms with Crippen molar-refractivity contribution >= 4 is 14.3 Å². The van der Waals surface area contributed by atoms with Gasteiger partial charge in [-0.2, -0.15) is 0 Å². The van der Waals surface area contributed by atoms with Crippen LogP contribution in [0, 0.1) is 11.8 Å². The Morgan fingerprint density at radius 2 is 1.96 bits per heavy atom. The molecule has 0 aromatic rings. The first-order valence-corrected chi connectivity index (χ1v) is 13.2. The molecule has 2 aliphatic heterocycles. The van der Waals surface area contributed by atoms with E-state index in [9.17, 15) is 9.90 Å². The number of hydrogen-bond donors (Lipinski definition) is 2. The van der Waals surface area contributed by atoms with Gasteiger partial charge in [0.1, 0.15) is 0 Å². The molecule has 0 aromatic heterocycles. The van der Waals surface area contributed by atoms with Gasteiger partial charge in [-0.15, -0.1) is 0 Å². The maximum Gasteiger partial charge on any atom is 0.303 e. The smallest absolute Gasteiger partial charge is 0.303 e. The number of rotatable bonds is 9. The summed E-state index contributed by atoms with van der Waals surface area (Å²) in [6.07, 6.45) is 5.98. The highest BCUT2D eigenvalue weighted by molar-refractivity contribution is 6.74. The van der Waals surface area contributed by atoms with Gasteiger partial charge in [0, 0.05) is 31.3 Å². The number of ether oxygens (including phenoxy) is 1. The predicted octanol–water partition coefficient (Wildman–Crippen LogP) is 4.36. The summed E-state index contributed by atoms with van der Waals surface area (Å²) < 4.78 is 12.9. The van der Waals surface area contributed by atoms with Crippen LogP contribution in [0.15, 0.2) is 11.6 Å². The molecule has 5 atom stereocenters. The number of hydrogen-bond acceptors (Lipinski definition) is 4. The first kappa shape index (κ1) is 22.6. The van der Waals surface area contributed by atoms with Gasteiger partial charge in [0.15, 0.2) is 8.32 Å². The van der Waals surface area contributed by atoms with E-state index >= 15 is 0 Å². The van der Waals surface area contributed by atoms with Crippen molar-refractivity contribution in [2.24, 2.45) is 11.8 Å². The summed E-state index contributed by atoms with van der Waals surface area (Å²) in [5.74, 6) is -0.393. The Balaban J connectivity index is 2.03. The van der Waals surface area contributed by atoms with Gasteiger partial charge in [-0.3, -0.25) is 4.79 Å². The molecule has 2 rings (SSSR count). The molecule has 2 N–H and O–H groups in total. The number of unbranched alkanes of at least 4 members (excludes halogenated alkanes) is 2. The van der Waals surface area contributed by atoms with E-state index in [-0.39, 0.29) is 48.2 Å². The monoisotopic (exact) mass is 398 g/mol. The summed E-state index contributed by atoms with van der Waals surface area (Å²) in [4.78, 5) is 10.6. The van der Waals surface area contributed by atoms with Gasteiger partial charge >= 0.3 is 5.97 Å². The van der Waals surface area contributed by atoms with Gasteiger partial charge in [0.2, 0.25) is 0 Å². The Hall–Kier alpha value is -0.693. The fourth-order valence-corrected chi connectivity index (χ4v) is 5.50. The van der Waals surface area contributed by atoms with E-state index in [0.717, 1.165) is 19.3 Å². The third kappa shape index (κ3) is 5.22. The molecule has 0 aromatic carbocycles. The third-order valence-corrected chi connectivity index (χ3v) is 11.3. The maximum atomic E-state index is 10.6. The molecule has 2 bridgehead atoms. The Labute approximate surface area is 165 Å². The van der Waals surface area contributed by atoms with E-state index in [1.807, 2.05) is 0 Å². The summed E-state index contributed by atoms with van der Waals surface area (Å²) in [5.41, 5.74) is 1.25. The Kier molecular flexibility index (Phi) is 7.33. The Morgan fingerprint density at radius 1 is 1.30 bits per heavy atom. The molecule has 0 saturated carbocycles. The summed E-state index contributed by atoms with van der Waals surface area (Å²) in [6.45, 7) is 13.6. The van der Waals surface area contributed by atoms with Crippen molar-refractivity contribution in [2.45, 2.75) is 96.2 Å². The zero-order chi connectivity index (χ0) is 20.4. The lowest BCUT2D eigenvalue weighted by Crippen LogP contribution is -2.49. The maximum absolute atomic E-state index is 10.6. The molecular weight excluding hydrogens is 360 g/mol. The summed E-state index contributed by atoms with van der Waals surface area (Å²) >= 11 is 0. The highest BCUT2D eigenvalue weighted by atomic mass is 28.4. The van der Waals surface area contributed by atoms with Crippen molar-refractivity contribution in [3.8, 4) is 0 Å². The van der Waals surface area contributed by atoms with Gasteiger partial charge in [0.05, 0.1) is 18.3 Å². The second-order valence-corrected chi connectivity index (χ2v) is 14.5. The average Bonchev–Trinajstić information content (AvgIpc) is 3.09. The molecule has 0 amide bonds. The van der Waals surface area contributed by atoms with Crippen LogP contribution in [0.2, 0.25) is 18.1 Å². The van der Waals surface area contributed by atoms with E-state index in [0.29, 0.717) is 6.42 Å². The molecular formula is C21H38O5Si. The SMILES string of the molecule is CC(=CCCCCC(=O)O)[C@@H]1[C@H](CO)[C@@H]2C[C@@H](O[Si](C)(C)C(C)(C)C)[C@H]1O2. The number of carboxylic acids is 1. The normalized spacial score (nSPS) is 31.5. The van der Waals surface area contributed by atoms with Crippen LogP contribution in [0.3, 0.4) is 0 Å². The van der Waals surface area contributed by atoms with E-state index in [4.69, 9.17) is 14.3 Å². The fraction of sp³-hybridized carbons (Fsp3) is 0.857. The average molecular weight is 399 g/mol. The molecule has 2 fully saturated rings. The lowest BCUT2D eigenvalue weighted by atomic mass is 9.74. The van der Waals surface area contributed by atoms with Crippen molar-refractivity contribution in [3.63, 3.8) is 0 Å². The van der Waals surface area contributed by atoms with Crippen LogP contribution in [-0.2, 0) is 14.0 Å². The second-order valence-electron chi connectivity index (χ2n) is 9.75. The number of aliphatic hydroxyl groups excluding tert-OH is 1. The lowest BCUT2D eigenvalue weighted by Gasteiger charge is -2.42. The predicted molar refractivity (Wildman–Crippen MR) is 109 cm³/mol. The second kappa shape index (κ2) is 8.76. The summed E-state index contributed by atoms with van der Waals surface area (Å²) in [5, 5.41) is 18.8. The number of fused-ring (bicyclic) bond motifs is 2. The molecule has 0 radical (unpaired) electrons. The molecule has 6 heteroatoms. The quantitative estimate of drug-likeness (QED) is 0.343. The first-order chi connectivity index (χ1) is 12.5. The Bertz CT molecular complexity index is 551. The van der Waals surface area contributed by atoms with Crippen LogP contribution in [0.25, 0.3) is 0 Å². The minimum atomic E-state index is -1.87. The lowest BCUT2D eigenvalue weighted by molar-refractivity contribution is -0.137. The van der Waals surface area contributed by atoms with Crippen LogP contribution in [0.5, 0.6) is 0 Å². The van der Waals surface area contributed by atoms with Crippen molar-refractivity contribution in [1.29, 1.82) is 0 Å². The number of carbonyl (C=O) groups is 1. The van der Waals surface area contributed by atoms with Crippen LogP contribution in [0.1, 0.15) is 59.8 Å². The molecule has 2 aliphatic rings. The van der Waals surface area contributed by atoms with Crippen molar-refractivity contribution in [2.75, 3.05) is 6.61 Å². The van der Waals surface area contributed by atoms with E-state index in [2.05, 4.69) is 46.9 Å². The van der Waals surface area contributed by atoms with Crippen LogP contribution in [-0.4, -0.2) is 49.4 Å².